The Kier molecular flexibility index (Phi) is 7.36. The highest BCUT2D eigenvalue weighted by Gasteiger charge is 2.32. The first-order valence-electron chi connectivity index (χ1n) is 8.92. The average molecular weight is 394 g/mol. The zero-order valence-electron chi connectivity index (χ0n) is 15.9. The van der Waals surface area contributed by atoms with E-state index in [2.05, 4.69) is 10.6 Å². The number of hydrogen-bond donors (Lipinski definition) is 2. The molecule has 2 N–H and O–H groups in total. The van der Waals surface area contributed by atoms with E-state index in [9.17, 15) is 18.8 Å². The molecule has 28 heavy (non-hydrogen) atoms. The highest BCUT2D eigenvalue weighted by atomic mass is 19.1. The molecule has 9 heteroatoms. The number of amides is 2. The van der Waals surface area contributed by atoms with Crippen LogP contribution in [0.15, 0.2) is 35.5 Å². The predicted molar refractivity (Wildman–Crippen MR) is 96.9 cm³/mol. The van der Waals surface area contributed by atoms with E-state index in [1.165, 1.54) is 31.2 Å². The molecule has 1 aromatic carbocycles. The zero-order chi connectivity index (χ0) is 20.7. The number of esters is 2. The van der Waals surface area contributed by atoms with Gasteiger partial charge in [-0.2, -0.15) is 0 Å². The molecule has 0 saturated heterocycles. The van der Waals surface area contributed by atoms with Crippen LogP contribution in [0.1, 0.15) is 27.2 Å². The second-order valence-corrected chi connectivity index (χ2v) is 5.99. The summed E-state index contributed by atoms with van der Waals surface area (Å²) in [7, 11) is 0. The lowest BCUT2D eigenvalue weighted by Crippen LogP contribution is -2.51. The van der Waals surface area contributed by atoms with E-state index in [-0.39, 0.29) is 24.5 Å². The summed E-state index contributed by atoms with van der Waals surface area (Å²) in [6.07, 6.45) is -0.514. The van der Waals surface area contributed by atoms with Crippen molar-refractivity contribution in [1.29, 1.82) is 0 Å². The van der Waals surface area contributed by atoms with Crippen molar-refractivity contribution in [2.24, 2.45) is 0 Å². The first kappa shape index (κ1) is 21.2. The molecule has 0 unspecified atom stereocenters. The van der Waals surface area contributed by atoms with Crippen molar-refractivity contribution in [2.45, 2.75) is 39.3 Å². The maximum atomic E-state index is 12.9. The lowest BCUT2D eigenvalue weighted by atomic mass is 10.0. The summed E-state index contributed by atoms with van der Waals surface area (Å²) in [4.78, 5) is 36.3. The van der Waals surface area contributed by atoms with Gasteiger partial charge in [0.2, 0.25) is 0 Å². The van der Waals surface area contributed by atoms with Crippen molar-refractivity contribution in [3.05, 3.63) is 41.4 Å². The van der Waals surface area contributed by atoms with Gasteiger partial charge in [0.05, 0.1) is 23.9 Å². The van der Waals surface area contributed by atoms with E-state index in [4.69, 9.17) is 14.2 Å². The van der Waals surface area contributed by atoms with E-state index >= 15 is 0 Å². The Hall–Kier alpha value is -3.10. The predicted octanol–water partition coefficient (Wildman–Crippen LogP) is 2.04. The molecule has 8 nitrogen and oxygen atoms in total. The Bertz CT molecular complexity index is 762. The van der Waals surface area contributed by atoms with Crippen molar-refractivity contribution >= 4 is 18.0 Å². The third-order valence-corrected chi connectivity index (χ3v) is 3.96. The number of hydrogen-bond acceptors (Lipinski definition) is 6. The molecule has 152 valence electrons. The van der Waals surface area contributed by atoms with Crippen molar-refractivity contribution in [1.82, 2.24) is 10.6 Å². The van der Waals surface area contributed by atoms with E-state index in [1.54, 1.807) is 13.8 Å². The van der Waals surface area contributed by atoms with Gasteiger partial charge in [-0.1, -0.05) is 6.92 Å². The molecule has 2 atom stereocenters. The molecule has 1 aliphatic rings. The van der Waals surface area contributed by atoms with Crippen molar-refractivity contribution in [3.63, 3.8) is 0 Å². The second-order valence-electron chi connectivity index (χ2n) is 5.99. The molecule has 1 heterocycles. The first-order chi connectivity index (χ1) is 13.3. The third kappa shape index (κ3) is 5.45. The Labute approximate surface area is 162 Å². The summed E-state index contributed by atoms with van der Waals surface area (Å²) in [5.41, 5.74) is 0.375. The van der Waals surface area contributed by atoms with E-state index in [1.807, 2.05) is 0 Å². The highest BCUT2D eigenvalue weighted by Crippen LogP contribution is 2.18. The summed E-state index contributed by atoms with van der Waals surface area (Å²) >= 11 is 0. The van der Waals surface area contributed by atoms with Crippen LogP contribution in [0.4, 0.5) is 9.18 Å². The molecule has 0 bridgehead atoms. The fourth-order valence-electron chi connectivity index (χ4n) is 2.60. The molecule has 2 rings (SSSR count). The largest absolute Gasteiger partial charge is 0.479 e. The minimum Gasteiger partial charge on any atom is -0.479 e. The van der Waals surface area contributed by atoms with Crippen LogP contribution < -0.4 is 15.4 Å². The smallest absolute Gasteiger partial charge is 0.347 e. The molecule has 0 fully saturated rings. The van der Waals surface area contributed by atoms with Gasteiger partial charge in [-0.15, -0.1) is 0 Å². The molecular formula is C19H23FN2O6. The minimum absolute atomic E-state index is 0.163. The van der Waals surface area contributed by atoms with Crippen LogP contribution in [0.2, 0.25) is 0 Å². The van der Waals surface area contributed by atoms with Gasteiger partial charge in [-0.25, -0.2) is 18.8 Å². The SMILES string of the molecule is CCOC(=O)C1=C(COC(=O)[C@H](C)Oc2ccc(F)cc2)NC(=O)N[C@H]1CC. The number of carbonyl (C=O) groups excluding carboxylic acids is 3. The van der Waals surface area contributed by atoms with Crippen LogP contribution in [0.5, 0.6) is 5.75 Å². The summed E-state index contributed by atoms with van der Waals surface area (Å²) in [6.45, 7) is 4.79. The van der Waals surface area contributed by atoms with Crippen molar-refractivity contribution < 1.29 is 33.0 Å². The first-order valence-corrected chi connectivity index (χ1v) is 8.92. The molecule has 0 aliphatic carbocycles. The summed E-state index contributed by atoms with van der Waals surface area (Å²) in [5.74, 6) is -1.42. The van der Waals surface area contributed by atoms with Gasteiger partial charge in [0.15, 0.2) is 6.10 Å². The lowest BCUT2D eigenvalue weighted by molar-refractivity contribution is -0.150. The monoisotopic (exact) mass is 394 g/mol. The molecule has 0 radical (unpaired) electrons. The minimum atomic E-state index is -0.975. The normalized spacial score (nSPS) is 17.3. The molecule has 1 aromatic rings. The van der Waals surface area contributed by atoms with Gasteiger partial charge in [-0.05, 0) is 44.5 Å². The fourth-order valence-corrected chi connectivity index (χ4v) is 2.60. The quantitative estimate of drug-likeness (QED) is 0.654. The molecule has 2 amide bonds. The third-order valence-electron chi connectivity index (χ3n) is 3.96. The van der Waals surface area contributed by atoms with Crippen LogP contribution in [0, 0.1) is 5.82 Å². The maximum absolute atomic E-state index is 12.9. The van der Waals surface area contributed by atoms with Crippen LogP contribution in [0.25, 0.3) is 0 Å². The number of ether oxygens (including phenoxy) is 3. The van der Waals surface area contributed by atoms with Crippen LogP contribution in [-0.4, -0.2) is 43.3 Å². The van der Waals surface area contributed by atoms with Crippen LogP contribution >= 0.6 is 0 Å². The van der Waals surface area contributed by atoms with E-state index in [0.717, 1.165) is 0 Å². The van der Waals surface area contributed by atoms with Crippen LogP contribution in [0.3, 0.4) is 0 Å². The van der Waals surface area contributed by atoms with Gasteiger partial charge >= 0.3 is 18.0 Å². The highest BCUT2D eigenvalue weighted by molar-refractivity contribution is 5.95. The molecular weight excluding hydrogens is 371 g/mol. The summed E-state index contributed by atoms with van der Waals surface area (Å²) in [5, 5.41) is 5.12. The summed E-state index contributed by atoms with van der Waals surface area (Å²) in [6, 6.07) is 4.15. The van der Waals surface area contributed by atoms with E-state index < -0.39 is 35.9 Å². The molecule has 1 aliphatic heterocycles. The Morgan fingerprint density at radius 2 is 1.86 bits per heavy atom. The number of urea groups is 1. The lowest BCUT2D eigenvalue weighted by Gasteiger charge is -2.28. The Morgan fingerprint density at radius 1 is 1.18 bits per heavy atom. The Morgan fingerprint density at radius 3 is 2.46 bits per heavy atom. The van der Waals surface area contributed by atoms with Crippen molar-refractivity contribution in [3.8, 4) is 5.75 Å². The summed E-state index contributed by atoms with van der Waals surface area (Å²) < 4.78 is 28.6. The van der Waals surface area contributed by atoms with Crippen molar-refractivity contribution in [2.75, 3.05) is 13.2 Å². The van der Waals surface area contributed by atoms with Gasteiger partial charge < -0.3 is 24.8 Å². The van der Waals surface area contributed by atoms with E-state index in [0.29, 0.717) is 12.2 Å². The topological polar surface area (TPSA) is 103 Å². The van der Waals surface area contributed by atoms with Gasteiger partial charge in [0.1, 0.15) is 18.2 Å². The Balaban J connectivity index is 2.07. The second kappa shape index (κ2) is 9.72. The maximum Gasteiger partial charge on any atom is 0.347 e. The number of nitrogens with one attached hydrogen (secondary N) is 2. The number of halogens is 1. The fraction of sp³-hybridized carbons (Fsp3) is 0.421. The number of carbonyl (C=O) groups is 3. The van der Waals surface area contributed by atoms with Gasteiger partial charge in [-0.3, -0.25) is 0 Å². The molecule has 0 saturated carbocycles. The zero-order valence-corrected chi connectivity index (χ0v) is 15.9. The number of rotatable bonds is 8. The molecule has 0 spiro atoms. The number of benzene rings is 1. The average Bonchev–Trinajstić information content (AvgIpc) is 2.67. The van der Waals surface area contributed by atoms with Crippen LogP contribution in [-0.2, 0) is 19.1 Å². The van der Waals surface area contributed by atoms with Gasteiger partial charge in [0.25, 0.3) is 0 Å². The van der Waals surface area contributed by atoms with Gasteiger partial charge in [0, 0.05) is 0 Å². The standard InChI is InChI=1S/C19H23FN2O6/c1-4-14-16(18(24)26-5-2)15(22-19(25)21-14)10-27-17(23)11(3)28-13-8-6-12(20)7-9-13/h6-9,11,14H,4-5,10H2,1-3H3,(H2,21,22,25)/t11-,14-/m0/s1. The molecule has 0 aromatic heterocycles.